The quantitative estimate of drug-likeness (QED) is 0.647. The monoisotopic (exact) mass is 431 g/mol. The van der Waals surface area contributed by atoms with E-state index in [1.807, 2.05) is 30.3 Å². The molecule has 1 saturated heterocycles. The van der Waals surface area contributed by atoms with E-state index >= 15 is 0 Å². The van der Waals surface area contributed by atoms with E-state index in [1.54, 1.807) is 18.2 Å². The average molecular weight is 432 g/mol. The van der Waals surface area contributed by atoms with E-state index in [0.29, 0.717) is 47.8 Å². The van der Waals surface area contributed by atoms with Crippen molar-refractivity contribution >= 4 is 29.1 Å². The molecule has 1 fully saturated rings. The summed E-state index contributed by atoms with van der Waals surface area (Å²) in [5, 5.41) is 8.16. The number of carbonyl (C=O) groups excluding carboxylic acids is 1. The zero-order valence-electron chi connectivity index (χ0n) is 15.5. The topological polar surface area (TPSA) is 77.3 Å². The Morgan fingerprint density at radius 1 is 1.07 bits per heavy atom. The summed E-state index contributed by atoms with van der Waals surface area (Å²) in [4.78, 5) is 17.6. The van der Waals surface area contributed by atoms with Gasteiger partial charge in [-0.05, 0) is 54.8 Å². The van der Waals surface area contributed by atoms with Crippen LogP contribution in [0.5, 0.6) is 0 Å². The minimum Gasteiger partial charge on any atom is -0.381 e. The molecule has 1 aliphatic rings. The zero-order chi connectivity index (χ0) is 20.3. The second-order valence-electron chi connectivity index (χ2n) is 6.91. The predicted molar refractivity (Wildman–Crippen MR) is 110 cm³/mol. The van der Waals surface area contributed by atoms with E-state index in [2.05, 4.69) is 15.5 Å². The van der Waals surface area contributed by atoms with Crippen molar-refractivity contribution in [2.75, 3.05) is 13.2 Å². The van der Waals surface area contributed by atoms with Gasteiger partial charge in [0.1, 0.15) is 0 Å². The Morgan fingerprint density at radius 3 is 2.55 bits per heavy atom. The van der Waals surface area contributed by atoms with Crippen LogP contribution < -0.4 is 5.32 Å². The van der Waals surface area contributed by atoms with Crippen molar-refractivity contribution in [2.24, 2.45) is 0 Å². The number of halogens is 2. The van der Waals surface area contributed by atoms with Gasteiger partial charge in [-0.15, -0.1) is 0 Å². The highest BCUT2D eigenvalue weighted by Gasteiger charge is 2.41. The summed E-state index contributed by atoms with van der Waals surface area (Å²) in [6, 6.07) is 14.6. The van der Waals surface area contributed by atoms with Crippen LogP contribution in [0.3, 0.4) is 0 Å². The van der Waals surface area contributed by atoms with Gasteiger partial charge in [-0.2, -0.15) is 4.98 Å². The van der Waals surface area contributed by atoms with Crippen LogP contribution >= 0.6 is 23.2 Å². The van der Waals surface area contributed by atoms with Gasteiger partial charge in [-0.1, -0.05) is 40.5 Å². The molecular formula is C21H19Cl2N3O3. The molecule has 8 heteroatoms. The van der Waals surface area contributed by atoms with Crippen LogP contribution in [-0.4, -0.2) is 29.3 Å². The van der Waals surface area contributed by atoms with Crippen molar-refractivity contribution in [3.05, 3.63) is 70.0 Å². The van der Waals surface area contributed by atoms with Gasteiger partial charge in [0.05, 0.1) is 12.0 Å². The lowest BCUT2D eigenvalue weighted by Gasteiger charge is -2.36. The van der Waals surface area contributed by atoms with Crippen molar-refractivity contribution in [1.82, 2.24) is 15.5 Å². The van der Waals surface area contributed by atoms with Crippen LogP contribution in [0.4, 0.5) is 0 Å². The number of ether oxygens (including phenoxy) is 1. The smallest absolute Gasteiger partial charge is 0.246 e. The molecule has 2 aromatic carbocycles. The Balaban J connectivity index is 1.49. The van der Waals surface area contributed by atoms with Crippen molar-refractivity contribution in [1.29, 1.82) is 0 Å². The van der Waals surface area contributed by atoms with E-state index < -0.39 is 5.41 Å². The Labute approximate surface area is 178 Å². The molecule has 0 radical (unpaired) electrons. The van der Waals surface area contributed by atoms with Gasteiger partial charge in [0.2, 0.25) is 17.6 Å². The molecular weight excluding hydrogens is 413 g/mol. The minimum absolute atomic E-state index is 0.102. The fraction of sp³-hybridized carbons (Fsp3) is 0.286. The SMILES string of the molecule is O=C(NCc1nc(-c2ccc(Cl)cc2)no1)C1(c2cccc(Cl)c2)CCOCC1. The lowest BCUT2D eigenvalue weighted by atomic mass is 9.73. The van der Waals surface area contributed by atoms with Crippen LogP contribution in [0.2, 0.25) is 10.0 Å². The van der Waals surface area contributed by atoms with Gasteiger partial charge in [0, 0.05) is 28.8 Å². The molecule has 0 unspecified atom stereocenters. The summed E-state index contributed by atoms with van der Waals surface area (Å²) in [5.41, 5.74) is 0.982. The fourth-order valence-corrected chi connectivity index (χ4v) is 3.84. The Bertz CT molecular complexity index is 998. The zero-order valence-corrected chi connectivity index (χ0v) is 17.0. The van der Waals surface area contributed by atoms with Gasteiger partial charge in [0.25, 0.3) is 0 Å². The summed E-state index contributed by atoms with van der Waals surface area (Å²) >= 11 is 12.1. The minimum atomic E-state index is -0.692. The summed E-state index contributed by atoms with van der Waals surface area (Å²) in [6.07, 6.45) is 1.16. The average Bonchev–Trinajstić information content (AvgIpc) is 3.22. The molecule has 1 N–H and O–H groups in total. The first-order valence-corrected chi connectivity index (χ1v) is 10.0. The highest BCUT2D eigenvalue weighted by Crippen LogP contribution is 2.36. The predicted octanol–water partition coefficient (Wildman–Crippen LogP) is 4.41. The second-order valence-corrected chi connectivity index (χ2v) is 7.78. The van der Waals surface area contributed by atoms with Crippen molar-refractivity contribution < 1.29 is 14.1 Å². The number of amides is 1. The Morgan fingerprint density at radius 2 is 1.83 bits per heavy atom. The molecule has 1 aliphatic heterocycles. The molecule has 0 spiro atoms. The summed E-state index contributed by atoms with van der Waals surface area (Å²) < 4.78 is 10.8. The van der Waals surface area contributed by atoms with E-state index in [1.165, 1.54) is 0 Å². The van der Waals surface area contributed by atoms with Gasteiger partial charge in [0.15, 0.2) is 0 Å². The maximum absolute atomic E-state index is 13.2. The van der Waals surface area contributed by atoms with Gasteiger partial charge in [-0.3, -0.25) is 4.79 Å². The lowest BCUT2D eigenvalue weighted by molar-refractivity contribution is -0.130. The number of hydrogen-bond donors (Lipinski definition) is 1. The van der Waals surface area contributed by atoms with Crippen LogP contribution in [-0.2, 0) is 21.5 Å². The van der Waals surface area contributed by atoms with Crippen molar-refractivity contribution in [3.63, 3.8) is 0 Å². The van der Waals surface area contributed by atoms with E-state index in [9.17, 15) is 4.79 Å². The van der Waals surface area contributed by atoms with Gasteiger partial charge in [-0.25, -0.2) is 0 Å². The maximum atomic E-state index is 13.2. The normalized spacial score (nSPS) is 15.8. The largest absolute Gasteiger partial charge is 0.381 e. The molecule has 4 rings (SSSR count). The van der Waals surface area contributed by atoms with Crippen molar-refractivity contribution in [3.8, 4) is 11.4 Å². The number of rotatable bonds is 5. The third-order valence-electron chi connectivity index (χ3n) is 5.13. The number of aromatic nitrogens is 2. The number of benzene rings is 2. The molecule has 29 heavy (non-hydrogen) atoms. The van der Waals surface area contributed by atoms with E-state index in [-0.39, 0.29) is 12.5 Å². The molecule has 150 valence electrons. The molecule has 0 bridgehead atoms. The first-order chi connectivity index (χ1) is 14.1. The van der Waals surface area contributed by atoms with Crippen LogP contribution in [0.25, 0.3) is 11.4 Å². The number of hydrogen-bond acceptors (Lipinski definition) is 5. The first kappa shape index (κ1) is 19.9. The molecule has 0 aliphatic carbocycles. The summed E-state index contributed by atoms with van der Waals surface area (Å²) in [7, 11) is 0. The number of carbonyl (C=O) groups is 1. The summed E-state index contributed by atoms with van der Waals surface area (Å²) in [5.74, 6) is 0.674. The van der Waals surface area contributed by atoms with Gasteiger partial charge >= 0.3 is 0 Å². The molecule has 1 amide bonds. The molecule has 6 nitrogen and oxygen atoms in total. The van der Waals surface area contributed by atoms with Crippen LogP contribution in [0.15, 0.2) is 53.1 Å². The van der Waals surface area contributed by atoms with E-state index in [4.69, 9.17) is 32.5 Å². The van der Waals surface area contributed by atoms with Crippen LogP contribution in [0.1, 0.15) is 24.3 Å². The number of nitrogens with one attached hydrogen (secondary N) is 1. The third-order valence-corrected chi connectivity index (χ3v) is 5.62. The third kappa shape index (κ3) is 4.29. The Kier molecular flexibility index (Phi) is 5.85. The second kappa shape index (κ2) is 8.53. The standard InChI is InChI=1S/C21H19Cl2N3O3/c22-16-6-4-14(5-7-16)19-25-18(29-26-19)13-24-20(27)21(8-10-28-11-9-21)15-2-1-3-17(23)12-15/h1-7,12H,8-11,13H2,(H,24,27). The highest BCUT2D eigenvalue weighted by molar-refractivity contribution is 6.30. The molecule has 1 aromatic heterocycles. The highest BCUT2D eigenvalue weighted by atomic mass is 35.5. The molecule has 2 heterocycles. The van der Waals surface area contributed by atoms with Crippen molar-refractivity contribution in [2.45, 2.75) is 24.8 Å². The first-order valence-electron chi connectivity index (χ1n) is 9.27. The molecule has 3 aromatic rings. The Hall–Kier alpha value is -2.41. The maximum Gasteiger partial charge on any atom is 0.246 e. The van der Waals surface area contributed by atoms with Crippen LogP contribution in [0, 0.1) is 0 Å². The number of nitrogens with zero attached hydrogens (tertiary/aromatic N) is 2. The van der Waals surface area contributed by atoms with E-state index in [0.717, 1.165) is 11.1 Å². The lowest BCUT2D eigenvalue weighted by Crippen LogP contribution is -2.47. The molecule has 0 atom stereocenters. The van der Waals surface area contributed by atoms with Gasteiger partial charge < -0.3 is 14.6 Å². The molecule has 0 saturated carbocycles. The fourth-order valence-electron chi connectivity index (χ4n) is 3.52. The summed E-state index contributed by atoms with van der Waals surface area (Å²) in [6.45, 7) is 1.17.